The summed E-state index contributed by atoms with van der Waals surface area (Å²) in [4.78, 5) is 12.7. The Hall–Kier alpha value is -2.36. The number of hydrogen-bond acceptors (Lipinski definition) is 3. The number of aliphatic hydroxyl groups is 1. The molecule has 2 aliphatic rings. The number of benzene rings is 1. The van der Waals surface area contributed by atoms with Gasteiger partial charge in [-0.2, -0.15) is 5.10 Å². The monoisotopic (exact) mass is 336 g/mol. The molecule has 2 aliphatic carbocycles. The van der Waals surface area contributed by atoms with Crippen molar-refractivity contribution in [2.75, 3.05) is 0 Å². The summed E-state index contributed by atoms with van der Waals surface area (Å²) in [7, 11) is 1.96. The summed E-state index contributed by atoms with van der Waals surface area (Å²) >= 11 is 0. The zero-order chi connectivity index (χ0) is 17.6. The number of fused-ring (bicyclic) bond motifs is 3. The molecule has 1 N–H and O–H groups in total. The molecular weight excluding hydrogens is 312 g/mol. The van der Waals surface area contributed by atoms with Gasteiger partial charge in [0.25, 0.3) is 0 Å². The van der Waals surface area contributed by atoms with Crippen LogP contribution in [0.2, 0.25) is 0 Å². The lowest BCUT2D eigenvalue weighted by molar-refractivity contribution is -0.124. The van der Waals surface area contributed by atoms with E-state index in [-0.39, 0.29) is 23.0 Å². The highest BCUT2D eigenvalue weighted by atomic mass is 16.2. The molecule has 1 fully saturated rings. The van der Waals surface area contributed by atoms with Gasteiger partial charge in [0.15, 0.2) is 5.78 Å². The molecule has 3 atom stereocenters. The van der Waals surface area contributed by atoms with Crippen LogP contribution in [0.25, 0.3) is 0 Å². The lowest BCUT2D eigenvalue weighted by Gasteiger charge is -2.49. The number of ketones is 1. The molecule has 1 heterocycles. The van der Waals surface area contributed by atoms with Crippen LogP contribution in [-0.4, -0.2) is 20.7 Å². The number of aliphatic hydroxyl groups excluding tert-OH is 1. The van der Waals surface area contributed by atoms with Gasteiger partial charge in [0, 0.05) is 30.2 Å². The summed E-state index contributed by atoms with van der Waals surface area (Å²) in [6.45, 7) is 2.02. The van der Waals surface area contributed by atoms with E-state index in [4.69, 9.17) is 5.10 Å². The highest BCUT2D eigenvalue weighted by molar-refractivity contribution is 5.98. The van der Waals surface area contributed by atoms with Crippen molar-refractivity contribution in [1.29, 1.82) is 0 Å². The summed E-state index contributed by atoms with van der Waals surface area (Å²) in [6, 6.07) is 10.4. The number of allylic oxidation sites excluding steroid dienone is 1. The summed E-state index contributed by atoms with van der Waals surface area (Å²) in [5.74, 6) is 0.257. The zero-order valence-electron chi connectivity index (χ0n) is 14.8. The van der Waals surface area contributed by atoms with Gasteiger partial charge in [-0.25, -0.2) is 0 Å². The van der Waals surface area contributed by atoms with E-state index in [2.05, 4.69) is 30.5 Å². The topological polar surface area (TPSA) is 55.1 Å². The molecule has 0 unspecified atom stereocenters. The maximum Gasteiger partial charge on any atom is 0.165 e. The molecular formula is C21H24N2O2. The minimum absolute atomic E-state index is 0.0916. The Morgan fingerprint density at radius 2 is 2.12 bits per heavy atom. The predicted molar refractivity (Wildman–Crippen MR) is 96.3 cm³/mol. The van der Waals surface area contributed by atoms with Crippen molar-refractivity contribution in [1.82, 2.24) is 9.78 Å². The van der Waals surface area contributed by atoms with Crippen LogP contribution in [0.1, 0.15) is 36.6 Å². The van der Waals surface area contributed by atoms with Crippen LogP contribution in [0.5, 0.6) is 0 Å². The van der Waals surface area contributed by atoms with Crippen LogP contribution in [0.4, 0.5) is 0 Å². The van der Waals surface area contributed by atoms with Crippen molar-refractivity contribution >= 4 is 5.78 Å². The molecule has 25 heavy (non-hydrogen) atoms. The average Bonchev–Trinajstić information content (AvgIpc) is 3.01. The molecule has 0 bridgehead atoms. The van der Waals surface area contributed by atoms with Crippen molar-refractivity contribution in [3.05, 3.63) is 65.2 Å². The van der Waals surface area contributed by atoms with Crippen LogP contribution in [0.15, 0.2) is 48.4 Å². The van der Waals surface area contributed by atoms with Gasteiger partial charge in [-0.3, -0.25) is 9.48 Å². The average molecular weight is 336 g/mol. The number of rotatable bonds is 2. The van der Waals surface area contributed by atoms with Crippen molar-refractivity contribution in [2.45, 2.75) is 38.0 Å². The smallest absolute Gasteiger partial charge is 0.165 e. The molecule has 2 aromatic rings. The SMILES string of the molecule is C[C@@H]1C(=O)C(=CO)C[C@]2(Cc3ccccc3)c3nn(C)cc3CC[C@@H]12. The third-order valence-corrected chi connectivity index (χ3v) is 6.17. The first kappa shape index (κ1) is 16.1. The predicted octanol–water partition coefficient (Wildman–Crippen LogP) is 3.51. The fourth-order valence-corrected chi connectivity index (χ4v) is 5.09. The normalized spacial score (nSPS) is 30.2. The van der Waals surface area contributed by atoms with E-state index in [1.54, 1.807) is 0 Å². The highest BCUT2D eigenvalue weighted by Gasteiger charge is 2.54. The number of hydrogen-bond donors (Lipinski definition) is 1. The second-order valence-electron chi connectivity index (χ2n) is 7.62. The molecule has 0 radical (unpaired) electrons. The first-order chi connectivity index (χ1) is 12.0. The fourth-order valence-electron chi connectivity index (χ4n) is 5.09. The molecule has 4 nitrogen and oxygen atoms in total. The summed E-state index contributed by atoms with van der Waals surface area (Å²) in [5.41, 5.74) is 3.98. The van der Waals surface area contributed by atoms with Gasteiger partial charge >= 0.3 is 0 Å². The summed E-state index contributed by atoms with van der Waals surface area (Å²) in [5, 5.41) is 14.5. The van der Waals surface area contributed by atoms with E-state index in [1.165, 1.54) is 11.1 Å². The lowest BCUT2D eigenvalue weighted by atomic mass is 9.53. The Labute approximate surface area is 148 Å². The fraction of sp³-hybridized carbons (Fsp3) is 0.429. The van der Waals surface area contributed by atoms with Gasteiger partial charge in [0.1, 0.15) is 0 Å². The van der Waals surface area contributed by atoms with Crippen LogP contribution < -0.4 is 0 Å². The molecule has 0 amide bonds. The molecule has 4 heteroatoms. The van der Waals surface area contributed by atoms with E-state index >= 15 is 0 Å². The molecule has 4 rings (SSSR count). The maximum absolute atomic E-state index is 12.7. The highest BCUT2D eigenvalue weighted by Crippen LogP contribution is 2.53. The molecule has 1 aromatic heterocycles. The number of carbonyl (C=O) groups excluding carboxylic acids is 1. The Morgan fingerprint density at radius 1 is 1.36 bits per heavy atom. The second-order valence-corrected chi connectivity index (χ2v) is 7.62. The summed E-state index contributed by atoms with van der Waals surface area (Å²) < 4.78 is 1.89. The van der Waals surface area contributed by atoms with Crippen molar-refractivity contribution in [3.63, 3.8) is 0 Å². The van der Waals surface area contributed by atoms with Gasteiger partial charge in [0.2, 0.25) is 0 Å². The van der Waals surface area contributed by atoms with Crippen molar-refractivity contribution in [3.8, 4) is 0 Å². The number of aromatic nitrogens is 2. The molecule has 1 aromatic carbocycles. The molecule has 130 valence electrons. The Balaban J connectivity index is 1.89. The van der Waals surface area contributed by atoms with Crippen molar-refractivity contribution in [2.24, 2.45) is 18.9 Å². The molecule has 0 saturated heterocycles. The standard InChI is InChI=1S/C21H24N2O2/c1-14-18-9-8-16-12-23(2)22-20(16)21(18,11-17(13-24)19(14)25)10-15-6-4-3-5-7-15/h3-7,12-14,18,24H,8-11H2,1-2H3/t14-,18-,21-/m0/s1. The van der Waals surface area contributed by atoms with Crippen LogP contribution in [0.3, 0.4) is 0 Å². The minimum atomic E-state index is -0.224. The Kier molecular flexibility index (Phi) is 3.78. The van der Waals surface area contributed by atoms with Gasteiger partial charge in [-0.1, -0.05) is 37.3 Å². The first-order valence-electron chi connectivity index (χ1n) is 8.99. The number of nitrogens with zero attached hydrogens (tertiary/aromatic N) is 2. The van der Waals surface area contributed by atoms with E-state index in [0.29, 0.717) is 12.0 Å². The second kappa shape index (κ2) is 5.87. The van der Waals surface area contributed by atoms with Crippen LogP contribution >= 0.6 is 0 Å². The Morgan fingerprint density at radius 3 is 2.84 bits per heavy atom. The van der Waals surface area contributed by atoms with E-state index in [0.717, 1.165) is 31.2 Å². The largest absolute Gasteiger partial charge is 0.515 e. The van der Waals surface area contributed by atoms with Gasteiger partial charge in [0.05, 0.1) is 12.0 Å². The van der Waals surface area contributed by atoms with Crippen LogP contribution in [0, 0.1) is 11.8 Å². The molecule has 1 saturated carbocycles. The minimum Gasteiger partial charge on any atom is -0.515 e. The number of aryl methyl sites for hydroxylation is 2. The van der Waals surface area contributed by atoms with Gasteiger partial charge in [-0.05, 0) is 42.7 Å². The first-order valence-corrected chi connectivity index (χ1v) is 8.99. The number of carbonyl (C=O) groups is 1. The molecule has 0 spiro atoms. The third-order valence-electron chi connectivity index (χ3n) is 6.17. The molecule has 0 aliphatic heterocycles. The number of Topliss-reactive ketones (excluding diaryl/α,β-unsaturated/α-hetero) is 1. The zero-order valence-corrected chi connectivity index (χ0v) is 14.8. The quantitative estimate of drug-likeness (QED) is 0.674. The third kappa shape index (κ3) is 2.43. The van der Waals surface area contributed by atoms with E-state index in [9.17, 15) is 9.90 Å². The lowest BCUT2D eigenvalue weighted by Crippen LogP contribution is -2.51. The van der Waals surface area contributed by atoms with Gasteiger partial charge < -0.3 is 5.11 Å². The van der Waals surface area contributed by atoms with Crippen molar-refractivity contribution < 1.29 is 9.90 Å². The van der Waals surface area contributed by atoms with E-state index in [1.807, 2.05) is 24.7 Å². The van der Waals surface area contributed by atoms with Crippen LogP contribution in [-0.2, 0) is 30.1 Å². The summed E-state index contributed by atoms with van der Waals surface area (Å²) in [6.07, 6.45) is 6.52. The maximum atomic E-state index is 12.7. The van der Waals surface area contributed by atoms with Gasteiger partial charge in [-0.15, -0.1) is 0 Å². The van der Waals surface area contributed by atoms with E-state index < -0.39 is 0 Å². The Bertz CT molecular complexity index is 837.